The molecule has 204 valence electrons. The second-order valence-corrected chi connectivity index (χ2v) is 8.80. The van der Waals surface area contributed by atoms with E-state index in [0.29, 0.717) is 11.9 Å². The monoisotopic (exact) mass is 540 g/mol. The molecule has 0 unspecified atom stereocenters. The van der Waals surface area contributed by atoms with Crippen molar-refractivity contribution in [3.63, 3.8) is 0 Å². The van der Waals surface area contributed by atoms with E-state index in [0.717, 1.165) is 49.1 Å². The molecule has 1 fully saturated rings. The maximum absolute atomic E-state index is 10.6. The number of aliphatic carboxylic acids is 1. The van der Waals surface area contributed by atoms with Crippen LogP contribution in [-0.4, -0.2) is 62.4 Å². The fraction of sp³-hybridized carbons (Fsp3) is 0.259. The molecular formula is C27H27F3N6O3. The highest BCUT2D eigenvalue weighted by molar-refractivity contribution is 5.73. The average molecular weight is 541 g/mol. The fourth-order valence-electron chi connectivity index (χ4n) is 3.98. The van der Waals surface area contributed by atoms with E-state index < -0.39 is 12.1 Å². The Balaban J connectivity index is 0.000000448. The molecule has 2 aromatic heterocycles. The largest absolute Gasteiger partial charge is 0.490 e. The fourth-order valence-corrected chi connectivity index (χ4v) is 3.98. The number of hydrogen-bond donors (Lipinski definition) is 2. The SMILES string of the molecule is Cc1cc(Oc2ccc(-n3ccnc3)cc2)nc(N2CCN[C@@H](Cc3ccccc3)C2)n1.O=C(O)C(F)(F)F. The molecule has 5 rings (SSSR count). The lowest BCUT2D eigenvalue weighted by Crippen LogP contribution is -2.52. The lowest BCUT2D eigenvalue weighted by molar-refractivity contribution is -0.192. The molecule has 2 N–H and O–H groups in total. The van der Waals surface area contributed by atoms with Crippen LogP contribution in [0.25, 0.3) is 5.69 Å². The zero-order valence-corrected chi connectivity index (χ0v) is 21.0. The number of nitrogens with one attached hydrogen (secondary N) is 1. The van der Waals surface area contributed by atoms with Crippen molar-refractivity contribution >= 4 is 11.9 Å². The number of carboxylic acids is 1. The Hall–Kier alpha value is -4.45. The van der Waals surface area contributed by atoms with Gasteiger partial charge in [0, 0.05) is 55.5 Å². The zero-order chi connectivity index (χ0) is 27.8. The van der Waals surface area contributed by atoms with E-state index in [2.05, 4.69) is 50.5 Å². The number of aromatic nitrogens is 4. The van der Waals surface area contributed by atoms with Crippen LogP contribution in [0.5, 0.6) is 11.6 Å². The summed E-state index contributed by atoms with van der Waals surface area (Å²) in [7, 11) is 0. The van der Waals surface area contributed by atoms with Gasteiger partial charge >= 0.3 is 12.1 Å². The molecule has 1 aliphatic heterocycles. The van der Waals surface area contributed by atoms with E-state index >= 15 is 0 Å². The number of rotatable bonds is 6. The number of halogens is 3. The van der Waals surface area contributed by atoms with Crippen molar-refractivity contribution in [1.29, 1.82) is 0 Å². The van der Waals surface area contributed by atoms with Crippen LogP contribution in [0, 0.1) is 6.92 Å². The number of imidazole rings is 1. The second-order valence-electron chi connectivity index (χ2n) is 8.80. The minimum atomic E-state index is -5.08. The molecule has 0 saturated carbocycles. The number of carboxylic acid groups (broad SMARTS) is 1. The molecule has 3 heterocycles. The van der Waals surface area contributed by atoms with Crippen LogP contribution in [0.2, 0.25) is 0 Å². The van der Waals surface area contributed by atoms with Gasteiger partial charge in [-0.25, -0.2) is 14.8 Å². The van der Waals surface area contributed by atoms with Crippen LogP contribution in [0.3, 0.4) is 0 Å². The van der Waals surface area contributed by atoms with Gasteiger partial charge in [-0.05, 0) is 43.2 Å². The third-order valence-electron chi connectivity index (χ3n) is 5.79. The summed E-state index contributed by atoms with van der Waals surface area (Å²) in [6.07, 6.45) is 1.34. The molecule has 0 radical (unpaired) electrons. The molecule has 12 heteroatoms. The lowest BCUT2D eigenvalue weighted by Gasteiger charge is -2.34. The molecule has 0 bridgehead atoms. The van der Waals surface area contributed by atoms with E-state index in [-0.39, 0.29) is 0 Å². The molecular weight excluding hydrogens is 513 g/mol. The normalized spacial score (nSPS) is 15.3. The van der Waals surface area contributed by atoms with Crippen LogP contribution >= 0.6 is 0 Å². The molecule has 1 saturated heterocycles. The first-order chi connectivity index (χ1) is 18.7. The number of benzene rings is 2. The maximum atomic E-state index is 10.6. The topological polar surface area (TPSA) is 105 Å². The summed E-state index contributed by atoms with van der Waals surface area (Å²) in [5.74, 6) is -0.747. The molecule has 0 amide bonds. The van der Waals surface area contributed by atoms with E-state index in [1.165, 1.54) is 5.56 Å². The summed E-state index contributed by atoms with van der Waals surface area (Å²) < 4.78 is 39.8. The van der Waals surface area contributed by atoms with Gasteiger partial charge in [0.25, 0.3) is 0 Å². The van der Waals surface area contributed by atoms with Gasteiger partial charge in [0.15, 0.2) is 0 Å². The van der Waals surface area contributed by atoms with E-state index in [1.54, 1.807) is 12.5 Å². The number of ether oxygens (including phenoxy) is 1. The Morgan fingerprint density at radius 3 is 2.49 bits per heavy atom. The van der Waals surface area contributed by atoms with Gasteiger partial charge < -0.3 is 24.6 Å². The third-order valence-corrected chi connectivity index (χ3v) is 5.79. The maximum Gasteiger partial charge on any atom is 0.490 e. The van der Waals surface area contributed by atoms with Crippen molar-refractivity contribution in [2.75, 3.05) is 24.5 Å². The average Bonchev–Trinajstić information content (AvgIpc) is 3.45. The quantitative estimate of drug-likeness (QED) is 0.371. The molecule has 4 aromatic rings. The summed E-state index contributed by atoms with van der Waals surface area (Å²) in [6, 6.07) is 20.7. The number of anilines is 1. The van der Waals surface area contributed by atoms with Gasteiger partial charge in [-0.1, -0.05) is 30.3 Å². The highest BCUT2D eigenvalue weighted by atomic mass is 19.4. The first-order valence-electron chi connectivity index (χ1n) is 12.1. The first kappa shape index (κ1) is 27.6. The standard InChI is InChI=1S/C25H26N6O.C2HF3O2/c1-19-15-24(32-23-9-7-22(8-10-23)31-13-11-26-18-31)29-25(28-19)30-14-12-27-21(17-30)16-20-5-3-2-4-6-20;3-2(4,5)1(6)7/h2-11,13,15,18,21,27H,12,14,16-17H2,1H3;(H,6,7)/t21-;/m0./s1. The molecule has 2 aromatic carbocycles. The van der Waals surface area contributed by atoms with Gasteiger partial charge in [0.1, 0.15) is 5.75 Å². The van der Waals surface area contributed by atoms with E-state index in [4.69, 9.17) is 19.6 Å². The van der Waals surface area contributed by atoms with Gasteiger partial charge in [-0.2, -0.15) is 18.2 Å². The summed E-state index contributed by atoms with van der Waals surface area (Å²) in [6.45, 7) is 4.61. The van der Waals surface area contributed by atoms with Gasteiger partial charge in [-0.15, -0.1) is 0 Å². The predicted octanol–water partition coefficient (Wildman–Crippen LogP) is 4.42. The van der Waals surface area contributed by atoms with Gasteiger partial charge in [-0.3, -0.25) is 0 Å². The van der Waals surface area contributed by atoms with Crippen LogP contribution in [0.15, 0.2) is 79.4 Å². The van der Waals surface area contributed by atoms with Gasteiger partial charge in [0.05, 0.1) is 6.33 Å². The van der Waals surface area contributed by atoms with Crippen LogP contribution in [0.1, 0.15) is 11.3 Å². The molecule has 1 aliphatic rings. The molecule has 39 heavy (non-hydrogen) atoms. The molecule has 0 spiro atoms. The van der Waals surface area contributed by atoms with Crippen molar-refractivity contribution < 1.29 is 27.8 Å². The minimum absolute atomic E-state index is 0.357. The number of nitrogens with zero attached hydrogens (tertiary/aromatic N) is 5. The van der Waals surface area contributed by atoms with Crippen LogP contribution in [-0.2, 0) is 11.2 Å². The second kappa shape index (κ2) is 12.4. The van der Waals surface area contributed by atoms with Crippen molar-refractivity contribution in [3.05, 3.63) is 90.6 Å². The Labute approximate surface area is 222 Å². The first-order valence-corrected chi connectivity index (χ1v) is 12.1. The van der Waals surface area contributed by atoms with E-state index in [1.807, 2.05) is 48.0 Å². The van der Waals surface area contributed by atoms with Crippen molar-refractivity contribution in [2.45, 2.75) is 25.6 Å². The number of alkyl halides is 3. The Bertz CT molecular complexity index is 1350. The highest BCUT2D eigenvalue weighted by Crippen LogP contribution is 2.24. The smallest absolute Gasteiger partial charge is 0.475 e. The minimum Gasteiger partial charge on any atom is -0.475 e. The van der Waals surface area contributed by atoms with E-state index in [9.17, 15) is 13.2 Å². The lowest BCUT2D eigenvalue weighted by atomic mass is 10.0. The molecule has 0 aliphatic carbocycles. The Morgan fingerprint density at radius 2 is 1.85 bits per heavy atom. The Morgan fingerprint density at radius 1 is 1.13 bits per heavy atom. The highest BCUT2D eigenvalue weighted by Gasteiger charge is 2.38. The van der Waals surface area contributed by atoms with Crippen molar-refractivity contribution in [2.24, 2.45) is 0 Å². The van der Waals surface area contributed by atoms with Crippen molar-refractivity contribution in [3.8, 4) is 17.3 Å². The summed E-state index contributed by atoms with van der Waals surface area (Å²) in [5.41, 5.74) is 3.25. The Kier molecular flexibility index (Phi) is 8.77. The van der Waals surface area contributed by atoms with Crippen LogP contribution in [0.4, 0.5) is 19.1 Å². The summed E-state index contributed by atoms with van der Waals surface area (Å²) in [5, 5.41) is 10.7. The summed E-state index contributed by atoms with van der Waals surface area (Å²) in [4.78, 5) is 24.6. The van der Waals surface area contributed by atoms with Crippen molar-refractivity contribution in [1.82, 2.24) is 24.8 Å². The molecule has 1 atom stereocenters. The predicted molar refractivity (Wildman–Crippen MR) is 138 cm³/mol. The number of aryl methyl sites for hydroxylation is 1. The number of piperazine rings is 1. The number of carbonyl (C=O) groups is 1. The molecule has 9 nitrogen and oxygen atoms in total. The summed E-state index contributed by atoms with van der Waals surface area (Å²) >= 11 is 0. The third kappa shape index (κ3) is 8.01. The number of hydrogen-bond acceptors (Lipinski definition) is 7. The zero-order valence-electron chi connectivity index (χ0n) is 21.0. The van der Waals surface area contributed by atoms with Crippen LogP contribution < -0.4 is 15.0 Å². The van der Waals surface area contributed by atoms with Gasteiger partial charge in [0.2, 0.25) is 11.8 Å².